The molecule has 2 aromatic carbocycles. The van der Waals surface area contributed by atoms with E-state index in [-0.39, 0.29) is 21.6 Å². The van der Waals surface area contributed by atoms with E-state index in [0.717, 1.165) is 25.6 Å². The Labute approximate surface area is 212 Å². The van der Waals surface area contributed by atoms with Crippen molar-refractivity contribution in [2.75, 3.05) is 18.5 Å². The van der Waals surface area contributed by atoms with Crippen molar-refractivity contribution in [2.45, 2.75) is 23.8 Å². The molecule has 1 aliphatic rings. The van der Waals surface area contributed by atoms with Gasteiger partial charge in [0.25, 0.3) is 15.9 Å². The van der Waals surface area contributed by atoms with E-state index in [2.05, 4.69) is 5.10 Å². The van der Waals surface area contributed by atoms with Crippen LogP contribution in [0.15, 0.2) is 71.9 Å². The van der Waals surface area contributed by atoms with Gasteiger partial charge in [0.05, 0.1) is 39.8 Å². The molecule has 1 unspecified atom stereocenters. The van der Waals surface area contributed by atoms with E-state index in [1.807, 2.05) is 11.0 Å². The molecule has 0 aliphatic carbocycles. The van der Waals surface area contributed by atoms with Crippen LogP contribution in [0.25, 0.3) is 5.52 Å². The first-order valence-corrected chi connectivity index (χ1v) is 12.9. The number of benzene rings is 2. The lowest BCUT2D eigenvalue weighted by molar-refractivity contribution is 0.0884. The number of carbonyl (C=O) groups is 1. The standard InChI is InChI=1S/C26H21F2N5O3S/c1-31(37(35,36)20-5-2-4-17(12-20)15-29)26(34)22-16-30-33-11-9-19(14-25(22)33)32-10-3-6-24(32)21-13-18(27)7-8-23(21)28/h2,4-5,7-9,11-14,16,24H,3,6,10H2,1H3. The van der Waals surface area contributed by atoms with Gasteiger partial charge in [-0.1, -0.05) is 6.07 Å². The molecule has 37 heavy (non-hydrogen) atoms. The maximum absolute atomic E-state index is 14.5. The molecule has 0 bridgehead atoms. The maximum Gasteiger partial charge on any atom is 0.271 e. The van der Waals surface area contributed by atoms with Gasteiger partial charge in [-0.25, -0.2) is 26.0 Å². The fourth-order valence-corrected chi connectivity index (χ4v) is 5.80. The largest absolute Gasteiger partial charge is 0.364 e. The Balaban J connectivity index is 1.50. The SMILES string of the molecule is CN(C(=O)c1cnn2ccc(N3CCCC3c3cc(F)ccc3F)cc12)S(=O)(=O)c1cccc(C#N)c1. The van der Waals surface area contributed by atoms with E-state index in [4.69, 9.17) is 5.26 Å². The number of hydrogen-bond acceptors (Lipinski definition) is 6. The molecule has 5 rings (SSSR count). The van der Waals surface area contributed by atoms with Crippen LogP contribution < -0.4 is 4.90 Å². The Morgan fingerprint density at radius 1 is 1.16 bits per heavy atom. The molecule has 1 amide bonds. The fourth-order valence-electron chi connectivity index (χ4n) is 4.64. The summed E-state index contributed by atoms with van der Waals surface area (Å²) >= 11 is 0. The number of nitrogens with zero attached hydrogens (tertiary/aromatic N) is 5. The Kier molecular flexibility index (Phi) is 6.13. The van der Waals surface area contributed by atoms with E-state index in [1.54, 1.807) is 18.3 Å². The van der Waals surface area contributed by atoms with Crippen molar-refractivity contribution in [1.29, 1.82) is 5.26 Å². The lowest BCUT2D eigenvalue weighted by Crippen LogP contribution is -2.33. The van der Waals surface area contributed by atoms with E-state index < -0.39 is 33.6 Å². The summed E-state index contributed by atoms with van der Waals surface area (Å²) in [5.41, 5.74) is 1.49. The number of halogens is 2. The zero-order valence-electron chi connectivity index (χ0n) is 19.7. The van der Waals surface area contributed by atoms with Gasteiger partial charge < -0.3 is 4.90 Å². The molecule has 8 nitrogen and oxygen atoms in total. The number of nitriles is 1. The first kappa shape index (κ1) is 24.4. The second-order valence-corrected chi connectivity index (χ2v) is 10.7. The van der Waals surface area contributed by atoms with Gasteiger partial charge >= 0.3 is 0 Å². The van der Waals surface area contributed by atoms with Crippen LogP contribution in [0.5, 0.6) is 0 Å². The first-order chi connectivity index (χ1) is 17.7. The highest BCUT2D eigenvalue weighted by Gasteiger charge is 2.31. The normalized spacial score (nSPS) is 15.6. The molecule has 0 N–H and O–H groups in total. The smallest absolute Gasteiger partial charge is 0.271 e. The summed E-state index contributed by atoms with van der Waals surface area (Å²) in [6.07, 6.45) is 4.30. The van der Waals surface area contributed by atoms with Crippen LogP contribution in [0.4, 0.5) is 14.5 Å². The van der Waals surface area contributed by atoms with Gasteiger partial charge in [-0.15, -0.1) is 0 Å². The second-order valence-electron chi connectivity index (χ2n) is 8.71. The zero-order chi connectivity index (χ0) is 26.3. The Morgan fingerprint density at radius 3 is 2.76 bits per heavy atom. The molecular formula is C26H21F2N5O3S. The number of aromatic nitrogens is 2. The maximum atomic E-state index is 14.5. The topological polar surface area (TPSA) is 98.8 Å². The summed E-state index contributed by atoms with van der Waals surface area (Å²) in [6.45, 7) is 0.595. The lowest BCUT2D eigenvalue weighted by Gasteiger charge is -2.27. The predicted octanol–water partition coefficient (Wildman–Crippen LogP) is 4.29. The summed E-state index contributed by atoms with van der Waals surface area (Å²) < 4.78 is 56.7. The minimum absolute atomic E-state index is 0.0528. The van der Waals surface area contributed by atoms with E-state index >= 15 is 0 Å². The van der Waals surface area contributed by atoms with Crippen molar-refractivity contribution in [1.82, 2.24) is 13.9 Å². The van der Waals surface area contributed by atoms with Crippen LogP contribution in [0, 0.1) is 23.0 Å². The van der Waals surface area contributed by atoms with Crippen LogP contribution in [0.1, 0.15) is 40.4 Å². The summed E-state index contributed by atoms with van der Waals surface area (Å²) in [6, 6.07) is 13.7. The van der Waals surface area contributed by atoms with Crippen molar-refractivity contribution < 1.29 is 22.0 Å². The first-order valence-electron chi connectivity index (χ1n) is 11.4. The minimum atomic E-state index is -4.24. The van der Waals surface area contributed by atoms with Gasteiger partial charge in [-0.05, 0) is 61.4 Å². The number of hydrogen-bond donors (Lipinski definition) is 0. The van der Waals surface area contributed by atoms with Crippen molar-refractivity contribution in [3.63, 3.8) is 0 Å². The molecule has 0 saturated carbocycles. The summed E-state index contributed by atoms with van der Waals surface area (Å²) in [7, 11) is -3.09. The number of sulfonamides is 1. The van der Waals surface area contributed by atoms with Crippen LogP contribution >= 0.6 is 0 Å². The molecule has 0 spiro atoms. The zero-order valence-corrected chi connectivity index (χ0v) is 20.5. The van der Waals surface area contributed by atoms with Crippen molar-refractivity contribution in [3.05, 3.63) is 95.3 Å². The number of carbonyl (C=O) groups excluding carboxylic acids is 1. The molecule has 11 heteroatoms. The fraction of sp³-hybridized carbons (Fsp3) is 0.192. The number of amides is 1. The van der Waals surface area contributed by atoms with Crippen molar-refractivity contribution >= 4 is 27.1 Å². The molecule has 188 valence electrons. The monoisotopic (exact) mass is 521 g/mol. The molecule has 2 aromatic heterocycles. The number of pyridine rings is 1. The Bertz CT molecular complexity index is 1680. The number of rotatable bonds is 5. The highest BCUT2D eigenvalue weighted by atomic mass is 32.2. The average Bonchev–Trinajstić information content (AvgIpc) is 3.56. The third-order valence-corrected chi connectivity index (χ3v) is 8.28. The van der Waals surface area contributed by atoms with Crippen LogP contribution in [-0.4, -0.2) is 41.8 Å². The molecule has 1 saturated heterocycles. The summed E-state index contributed by atoms with van der Waals surface area (Å²) in [5.74, 6) is -1.82. The van der Waals surface area contributed by atoms with Crippen molar-refractivity contribution in [2.24, 2.45) is 0 Å². The quantitative estimate of drug-likeness (QED) is 0.389. The van der Waals surface area contributed by atoms with Gasteiger partial charge in [-0.2, -0.15) is 10.4 Å². The molecule has 0 radical (unpaired) electrons. The molecule has 4 aromatic rings. The lowest BCUT2D eigenvalue weighted by atomic mass is 10.0. The van der Waals surface area contributed by atoms with E-state index in [0.29, 0.717) is 28.5 Å². The number of anilines is 1. The van der Waals surface area contributed by atoms with Crippen LogP contribution in [0.2, 0.25) is 0 Å². The van der Waals surface area contributed by atoms with Crippen LogP contribution in [-0.2, 0) is 10.0 Å². The highest BCUT2D eigenvalue weighted by molar-refractivity contribution is 7.89. The third kappa shape index (κ3) is 4.29. The summed E-state index contributed by atoms with van der Waals surface area (Å²) in [5, 5.41) is 13.3. The molecule has 1 atom stereocenters. The van der Waals surface area contributed by atoms with Crippen LogP contribution in [0.3, 0.4) is 0 Å². The summed E-state index contributed by atoms with van der Waals surface area (Å²) in [4.78, 5) is 15.1. The van der Waals surface area contributed by atoms with Gasteiger partial charge in [0, 0.05) is 31.0 Å². The van der Waals surface area contributed by atoms with Crippen molar-refractivity contribution in [3.8, 4) is 6.07 Å². The van der Waals surface area contributed by atoms with Gasteiger partial charge in [0.15, 0.2) is 0 Å². The Hall–Kier alpha value is -4.30. The molecule has 3 heterocycles. The highest BCUT2D eigenvalue weighted by Crippen LogP contribution is 2.38. The van der Waals surface area contributed by atoms with Gasteiger partial charge in [-0.3, -0.25) is 4.79 Å². The van der Waals surface area contributed by atoms with E-state index in [1.165, 1.54) is 41.0 Å². The predicted molar refractivity (Wildman–Crippen MR) is 131 cm³/mol. The molecule has 1 fully saturated rings. The van der Waals surface area contributed by atoms with Gasteiger partial charge in [0.2, 0.25) is 0 Å². The Morgan fingerprint density at radius 2 is 1.97 bits per heavy atom. The molecular weight excluding hydrogens is 500 g/mol. The number of fused-ring (bicyclic) bond motifs is 1. The van der Waals surface area contributed by atoms with Gasteiger partial charge in [0.1, 0.15) is 11.6 Å². The average molecular weight is 522 g/mol. The third-order valence-electron chi connectivity index (χ3n) is 6.54. The second kappa shape index (κ2) is 9.29. The van der Waals surface area contributed by atoms with E-state index in [9.17, 15) is 22.0 Å². The molecule has 1 aliphatic heterocycles. The minimum Gasteiger partial charge on any atom is -0.364 e.